The van der Waals surface area contributed by atoms with Crippen LogP contribution in [0.2, 0.25) is 0 Å². The number of rotatable bonds is 4. The van der Waals surface area contributed by atoms with E-state index in [2.05, 4.69) is 0 Å². The molecule has 1 amide bonds. The molecule has 1 aromatic carbocycles. The molecule has 122 valence electrons. The zero-order valence-electron chi connectivity index (χ0n) is 12.8. The van der Waals surface area contributed by atoms with Gasteiger partial charge in [0, 0.05) is 13.1 Å². The summed E-state index contributed by atoms with van der Waals surface area (Å²) in [6.07, 6.45) is 0.0688. The molecule has 3 rings (SSSR count). The van der Waals surface area contributed by atoms with Gasteiger partial charge in [0.15, 0.2) is 0 Å². The molecule has 1 aliphatic carbocycles. The molecule has 7 nitrogen and oxygen atoms in total. The summed E-state index contributed by atoms with van der Waals surface area (Å²) >= 11 is 0. The van der Waals surface area contributed by atoms with E-state index in [1.165, 1.54) is 12.0 Å². The summed E-state index contributed by atoms with van der Waals surface area (Å²) in [5.74, 6) is -2.30. The van der Waals surface area contributed by atoms with E-state index in [9.17, 15) is 24.6 Å². The molecule has 0 unspecified atom stereocenters. The van der Waals surface area contributed by atoms with Gasteiger partial charge in [-0.1, -0.05) is 12.1 Å². The van der Waals surface area contributed by atoms with E-state index in [0.29, 0.717) is 11.3 Å². The van der Waals surface area contributed by atoms with Crippen molar-refractivity contribution in [2.24, 2.45) is 10.8 Å². The highest BCUT2D eigenvalue weighted by Gasteiger charge is 2.81. The van der Waals surface area contributed by atoms with Gasteiger partial charge in [0.05, 0.1) is 12.7 Å². The lowest BCUT2D eigenvalue weighted by Crippen LogP contribution is -2.34. The molecule has 1 aromatic rings. The van der Waals surface area contributed by atoms with Gasteiger partial charge in [-0.2, -0.15) is 0 Å². The minimum atomic E-state index is -1.37. The van der Waals surface area contributed by atoms with Gasteiger partial charge in [0.25, 0.3) is 5.91 Å². The molecule has 2 N–H and O–H groups in total. The summed E-state index contributed by atoms with van der Waals surface area (Å²) in [5, 5.41) is 18.8. The SMILES string of the molecule is COc1c(C)cccc1C(=O)N1C[C@@]2(C(=O)O)C[C@@]2(C(=O)O)C1. The first-order valence-electron chi connectivity index (χ1n) is 7.19. The number of carbonyl (C=O) groups excluding carboxylic acids is 1. The first kappa shape index (κ1) is 15.3. The number of amides is 1. The average molecular weight is 319 g/mol. The predicted molar refractivity (Wildman–Crippen MR) is 78.4 cm³/mol. The second kappa shape index (κ2) is 4.71. The van der Waals surface area contributed by atoms with Crippen LogP contribution in [0.5, 0.6) is 5.75 Å². The van der Waals surface area contributed by atoms with E-state index in [-0.39, 0.29) is 19.5 Å². The van der Waals surface area contributed by atoms with E-state index >= 15 is 0 Å². The number of hydrogen-bond acceptors (Lipinski definition) is 4. The first-order valence-corrected chi connectivity index (χ1v) is 7.19. The lowest BCUT2D eigenvalue weighted by Gasteiger charge is -2.21. The number of carboxylic acids is 2. The third-order valence-electron chi connectivity index (χ3n) is 5.07. The highest BCUT2D eigenvalue weighted by molar-refractivity contribution is 6.01. The van der Waals surface area contributed by atoms with Crippen molar-refractivity contribution in [2.75, 3.05) is 20.2 Å². The Balaban J connectivity index is 1.94. The molecule has 1 saturated carbocycles. The Hall–Kier alpha value is -2.57. The van der Waals surface area contributed by atoms with Crippen LogP contribution >= 0.6 is 0 Å². The van der Waals surface area contributed by atoms with E-state index in [1.54, 1.807) is 25.1 Å². The van der Waals surface area contributed by atoms with Crippen molar-refractivity contribution in [3.63, 3.8) is 0 Å². The maximum absolute atomic E-state index is 12.7. The van der Waals surface area contributed by atoms with Gasteiger partial charge in [0.2, 0.25) is 0 Å². The number of ether oxygens (including phenoxy) is 1. The van der Waals surface area contributed by atoms with Crippen LogP contribution in [0.25, 0.3) is 0 Å². The van der Waals surface area contributed by atoms with Crippen molar-refractivity contribution in [2.45, 2.75) is 13.3 Å². The van der Waals surface area contributed by atoms with Gasteiger partial charge in [-0.05, 0) is 25.0 Å². The van der Waals surface area contributed by atoms with Crippen molar-refractivity contribution in [1.29, 1.82) is 0 Å². The van der Waals surface area contributed by atoms with Gasteiger partial charge in [-0.15, -0.1) is 0 Å². The Morgan fingerprint density at radius 3 is 2.17 bits per heavy atom. The normalized spacial score (nSPS) is 28.2. The van der Waals surface area contributed by atoms with Crippen molar-refractivity contribution in [3.8, 4) is 5.75 Å². The number of nitrogens with zero attached hydrogens (tertiary/aromatic N) is 1. The molecule has 0 bridgehead atoms. The van der Waals surface area contributed by atoms with E-state index in [1.807, 2.05) is 0 Å². The van der Waals surface area contributed by atoms with Crippen LogP contribution in [-0.4, -0.2) is 53.2 Å². The van der Waals surface area contributed by atoms with Gasteiger partial charge in [0.1, 0.15) is 16.6 Å². The fourth-order valence-electron chi connectivity index (χ4n) is 3.69. The van der Waals surface area contributed by atoms with Crippen molar-refractivity contribution in [1.82, 2.24) is 4.90 Å². The Morgan fingerprint density at radius 2 is 1.70 bits per heavy atom. The molecule has 7 heteroatoms. The summed E-state index contributed by atoms with van der Waals surface area (Å²) < 4.78 is 5.26. The summed E-state index contributed by atoms with van der Waals surface area (Å²) in [6, 6.07) is 5.11. The first-order chi connectivity index (χ1) is 10.8. The van der Waals surface area contributed by atoms with Crippen LogP contribution in [0.4, 0.5) is 0 Å². The number of piperidine rings is 1. The lowest BCUT2D eigenvalue weighted by molar-refractivity contribution is -0.151. The number of para-hydroxylation sites is 1. The molecule has 0 aromatic heterocycles. The minimum absolute atomic E-state index is 0.0688. The lowest BCUT2D eigenvalue weighted by atomic mass is 9.97. The molecule has 2 atom stereocenters. The number of carbonyl (C=O) groups is 3. The van der Waals surface area contributed by atoms with Crippen LogP contribution in [0, 0.1) is 17.8 Å². The largest absolute Gasteiger partial charge is 0.496 e. The number of aliphatic carboxylic acids is 2. The van der Waals surface area contributed by atoms with Crippen LogP contribution in [0.1, 0.15) is 22.3 Å². The van der Waals surface area contributed by atoms with E-state index in [4.69, 9.17) is 4.74 Å². The van der Waals surface area contributed by atoms with Crippen molar-refractivity contribution < 1.29 is 29.3 Å². The fourth-order valence-corrected chi connectivity index (χ4v) is 3.69. The average Bonchev–Trinajstić information content (AvgIpc) is 3.05. The Kier molecular flexibility index (Phi) is 3.14. The zero-order valence-corrected chi connectivity index (χ0v) is 12.8. The summed E-state index contributed by atoms with van der Waals surface area (Å²) in [6.45, 7) is 1.61. The topological polar surface area (TPSA) is 104 Å². The smallest absolute Gasteiger partial charge is 0.312 e. The van der Waals surface area contributed by atoms with Crippen molar-refractivity contribution >= 4 is 17.8 Å². The maximum Gasteiger partial charge on any atom is 0.312 e. The molecular weight excluding hydrogens is 302 g/mol. The molecule has 23 heavy (non-hydrogen) atoms. The van der Waals surface area contributed by atoms with Gasteiger partial charge in [-0.3, -0.25) is 14.4 Å². The summed E-state index contributed by atoms with van der Waals surface area (Å²) in [4.78, 5) is 37.1. The van der Waals surface area contributed by atoms with E-state index in [0.717, 1.165) is 5.56 Å². The van der Waals surface area contributed by atoms with Crippen LogP contribution in [0.3, 0.4) is 0 Å². The molecule has 2 fully saturated rings. The molecule has 2 aliphatic rings. The second-order valence-electron chi connectivity index (χ2n) is 6.27. The quantitative estimate of drug-likeness (QED) is 0.858. The molecule has 0 radical (unpaired) electrons. The van der Waals surface area contributed by atoms with Gasteiger partial charge in [-0.25, -0.2) is 0 Å². The van der Waals surface area contributed by atoms with E-state index < -0.39 is 28.7 Å². The monoisotopic (exact) mass is 319 g/mol. The predicted octanol–water partition coefficient (Wildman–Crippen LogP) is 1.01. The molecule has 1 saturated heterocycles. The van der Waals surface area contributed by atoms with Crippen LogP contribution in [0.15, 0.2) is 18.2 Å². The summed E-state index contributed by atoms with van der Waals surface area (Å²) in [5.41, 5.74) is -1.64. The number of aryl methyl sites for hydroxylation is 1. The third kappa shape index (κ3) is 1.85. The third-order valence-corrected chi connectivity index (χ3v) is 5.07. The number of hydrogen-bond donors (Lipinski definition) is 2. The van der Waals surface area contributed by atoms with Gasteiger partial charge >= 0.3 is 11.9 Å². The standard InChI is InChI=1S/C16H17NO6/c1-9-4-3-5-10(11(9)23-2)12(18)17-7-15(13(19)20)6-16(15,8-17)14(21)22/h3-5H,6-8H2,1-2H3,(H,19,20)(H,21,22)/t15-,16+. The van der Waals surface area contributed by atoms with Crippen LogP contribution in [-0.2, 0) is 9.59 Å². The summed E-state index contributed by atoms with van der Waals surface area (Å²) in [7, 11) is 1.46. The number of benzene rings is 1. The Labute approximate surface area is 132 Å². The number of likely N-dealkylation sites (tertiary alicyclic amines) is 1. The fraction of sp³-hybridized carbons (Fsp3) is 0.438. The number of methoxy groups -OCH3 is 1. The highest BCUT2D eigenvalue weighted by Crippen LogP contribution is 2.68. The number of carboxylic acid groups (broad SMARTS) is 2. The Morgan fingerprint density at radius 1 is 1.13 bits per heavy atom. The molecule has 1 heterocycles. The number of fused-ring (bicyclic) bond motifs is 1. The Bertz CT molecular complexity index is 701. The minimum Gasteiger partial charge on any atom is -0.496 e. The second-order valence-corrected chi connectivity index (χ2v) is 6.27. The zero-order chi connectivity index (χ0) is 17.0. The molecule has 0 spiro atoms. The van der Waals surface area contributed by atoms with Gasteiger partial charge < -0.3 is 19.8 Å². The van der Waals surface area contributed by atoms with Crippen molar-refractivity contribution in [3.05, 3.63) is 29.3 Å². The maximum atomic E-state index is 12.7. The highest BCUT2D eigenvalue weighted by atomic mass is 16.5. The molecule has 1 aliphatic heterocycles. The molecular formula is C16H17NO6. The van der Waals surface area contributed by atoms with Crippen LogP contribution < -0.4 is 4.74 Å².